The van der Waals surface area contributed by atoms with E-state index >= 15 is 0 Å². The molecule has 1 N–H and O–H groups in total. The van der Waals surface area contributed by atoms with Gasteiger partial charge >= 0.3 is 0 Å². The molecule has 0 atom stereocenters. The third-order valence-corrected chi connectivity index (χ3v) is 4.38. The summed E-state index contributed by atoms with van der Waals surface area (Å²) in [5.41, 5.74) is 0.894. The highest BCUT2D eigenvalue weighted by atomic mass is 16.5. The van der Waals surface area contributed by atoms with Gasteiger partial charge < -0.3 is 24.6 Å². The summed E-state index contributed by atoms with van der Waals surface area (Å²) in [4.78, 5) is 16.7. The second-order valence-corrected chi connectivity index (χ2v) is 6.24. The minimum atomic E-state index is -0.0758. The van der Waals surface area contributed by atoms with Gasteiger partial charge in [0.25, 0.3) is 0 Å². The molecule has 1 aromatic carbocycles. The van der Waals surface area contributed by atoms with Crippen LogP contribution in [0, 0.1) is 0 Å². The first kappa shape index (κ1) is 19.3. The van der Waals surface area contributed by atoms with Gasteiger partial charge in [0.05, 0.1) is 14.2 Å². The van der Waals surface area contributed by atoms with E-state index in [1.54, 1.807) is 26.4 Å². The molecule has 1 heterocycles. The zero-order valence-corrected chi connectivity index (χ0v) is 15.5. The van der Waals surface area contributed by atoms with Crippen molar-refractivity contribution < 1.29 is 14.3 Å². The molecule has 2 rings (SSSR count). The van der Waals surface area contributed by atoms with E-state index in [4.69, 9.17) is 9.47 Å². The monoisotopic (exact) mass is 347 g/mol. The molecule has 1 aliphatic heterocycles. The third kappa shape index (κ3) is 6.40. The number of nitrogens with one attached hydrogen (secondary N) is 1. The third-order valence-electron chi connectivity index (χ3n) is 4.38. The first-order valence-electron chi connectivity index (χ1n) is 8.71. The second-order valence-electron chi connectivity index (χ2n) is 6.24. The van der Waals surface area contributed by atoms with Crippen molar-refractivity contribution in [3.8, 4) is 11.5 Å². The van der Waals surface area contributed by atoms with Crippen LogP contribution in [0.1, 0.15) is 12.0 Å². The van der Waals surface area contributed by atoms with Gasteiger partial charge in [0, 0.05) is 38.8 Å². The average molecular weight is 347 g/mol. The Bertz CT molecular complexity index is 581. The fraction of sp³-hybridized carbons (Fsp3) is 0.526. The van der Waals surface area contributed by atoms with E-state index in [0.717, 1.165) is 44.7 Å². The molecule has 0 bridgehead atoms. The minimum absolute atomic E-state index is 0.0758. The highest BCUT2D eigenvalue weighted by Gasteiger charge is 2.12. The van der Waals surface area contributed by atoms with Crippen LogP contribution in [0.2, 0.25) is 0 Å². The Morgan fingerprint density at radius 3 is 2.56 bits per heavy atom. The Morgan fingerprint density at radius 2 is 1.88 bits per heavy atom. The number of benzene rings is 1. The Morgan fingerprint density at radius 1 is 1.16 bits per heavy atom. The Balaban J connectivity index is 1.70. The predicted octanol–water partition coefficient (Wildman–Crippen LogP) is 1.47. The van der Waals surface area contributed by atoms with Gasteiger partial charge in [-0.25, -0.2) is 0 Å². The van der Waals surface area contributed by atoms with E-state index in [-0.39, 0.29) is 5.91 Å². The van der Waals surface area contributed by atoms with E-state index in [2.05, 4.69) is 22.2 Å². The first-order valence-corrected chi connectivity index (χ1v) is 8.71. The highest BCUT2D eigenvalue weighted by molar-refractivity contribution is 5.91. The lowest BCUT2D eigenvalue weighted by Crippen LogP contribution is -2.45. The molecule has 0 radical (unpaired) electrons. The predicted molar refractivity (Wildman–Crippen MR) is 100 cm³/mol. The van der Waals surface area contributed by atoms with Crippen LogP contribution < -0.4 is 14.8 Å². The quantitative estimate of drug-likeness (QED) is 0.570. The van der Waals surface area contributed by atoms with Crippen LogP contribution in [0.4, 0.5) is 0 Å². The van der Waals surface area contributed by atoms with Crippen molar-refractivity contribution in [1.82, 2.24) is 15.1 Å². The number of likely N-dealkylation sites (N-methyl/N-ethyl adjacent to an activating group) is 1. The summed E-state index contributed by atoms with van der Waals surface area (Å²) in [5.74, 6) is 1.25. The summed E-state index contributed by atoms with van der Waals surface area (Å²) < 4.78 is 10.5. The van der Waals surface area contributed by atoms with Gasteiger partial charge in [-0.05, 0) is 43.8 Å². The standard InChI is InChI=1S/C19H29N3O3/c1-21-11-13-22(14-12-21)10-4-9-20-19(23)8-6-16-5-7-17(24-2)18(15-16)25-3/h5-8,15H,4,9-14H2,1-3H3,(H,20,23)/b8-6+. The number of hydrogen-bond donors (Lipinski definition) is 1. The number of piperazine rings is 1. The number of ether oxygens (including phenoxy) is 2. The summed E-state index contributed by atoms with van der Waals surface area (Å²) >= 11 is 0. The molecule has 0 aromatic heterocycles. The van der Waals surface area contributed by atoms with E-state index in [0.29, 0.717) is 18.0 Å². The maximum Gasteiger partial charge on any atom is 0.243 e. The Hall–Kier alpha value is -2.05. The highest BCUT2D eigenvalue weighted by Crippen LogP contribution is 2.27. The fourth-order valence-corrected chi connectivity index (χ4v) is 2.77. The molecular formula is C19H29N3O3. The lowest BCUT2D eigenvalue weighted by atomic mass is 10.2. The summed E-state index contributed by atoms with van der Waals surface area (Å²) in [5, 5.41) is 2.93. The van der Waals surface area contributed by atoms with Gasteiger partial charge in [-0.15, -0.1) is 0 Å². The number of carbonyl (C=O) groups excluding carboxylic acids is 1. The SMILES string of the molecule is COc1ccc(/C=C/C(=O)NCCCN2CCN(C)CC2)cc1OC. The molecule has 1 aliphatic rings. The largest absolute Gasteiger partial charge is 0.493 e. The van der Waals surface area contributed by atoms with Gasteiger partial charge in [0.1, 0.15) is 0 Å². The number of hydrogen-bond acceptors (Lipinski definition) is 5. The molecule has 0 unspecified atom stereocenters. The van der Waals surface area contributed by atoms with Gasteiger partial charge in [-0.1, -0.05) is 6.07 Å². The first-order chi connectivity index (χ1) is 12.1. The van der Waals surface area contributed by atoms with Crippen molar-refractivity contribution >= 4 is 12.0 Å². The molecule has 1 saturated heterocycles. The van der Waals surface area contributed by atoms with Crippen molar-refractivity contribution in [2.45, 2.75) is 6.42 Å². The molecular weight excluding hydrogens is 318 g/mol. The topological polar surface area (TPSA) is 54.0 Å². The Labute approximate surface area is 150 Å². The molecule has 1 aromatic rings. The number of carbonyl (C=O) groups is 1. The van der Waals surface area contributed by atoms with Crippen molar-refractivity contribution in [2.24, 2.45) is 0 Å². The van der Waals surface area contributed by atoms with Crippen molar-refractivity contribution in [2.75, 3.05) is 60.5 Å². The van der Waals surface area contributed by atoms with Crippen LogP contribution >= 0.6 is 0 Å². The van der Waals surface area contributed by atoms with Crippen LogP contribution in [0.15, 0.2) is 24.3 Å². The normalized spacial score (nSPS) is 16.1. The number of amides is 1. The van der Waals surface area contributed by atoms with E-state index in [9.17, 15) is 4.79 Å². The summed E-state index contributed by atoms with van der Waals surface area (Å²) in [6.07, 6.45) is 4.30. The smallest absolute Gasteiger partial charge is 0.243 e. The number of rotatable bonds is 8. The lowest BCUT2D eigenvalue weighted by molar-refractivity contribution is -0.116. The van der Waals surface area contributed by atoms with Gasteiger partial charge in [-0.2, -0.15) is 0 Å². The van der Waals surface area contributed by atoms with Crippen molar-refractivity contribution in [3.05, 3.63) is 29.8 Å². The molecule has 0 aliphatic carbocycles. The Kier molecular flexibility index (Phi) is 7.76. The van der Waals surface area contributed by atoms with E-state index in [1.165, 1.54) is 0 Å². The summed E-state index contributed by atoms with van der Waals surface area (Å²) in [6.45, 7) is 6.21. The van der Waals surface area contributed by atoms with Crippen molar-refractivity contribution in [3.63, 3.8) is 0 Å². The molecule has 1 fully saturated rings. The zero-order valence-electron chi connectivity index (χ0n) is 15.5. The van der Waals surface area contributed by atoms with Gasteiger partial charge in [0.2, 0.25) is 5.91 Å². The van der Waals surface area contributed by atoms with Crippen LogP contribution in [0.3, 0.4) is 0 Å². The number of nitrogens with zero attached hydrogens (tertiary/aromatic N) is 2. The van der Waals surface area contributed by atoms with Crippen LogP contribution in [-0.2, 0) is 4.79 Å². The molecule has 0 spiro atoms. The lowest BCUT2D eigenvalue weighted by Gasteiger charge is -2.32. The van der Waals surface area contributed by atoms with Crippen molar-refractivity contribution in [1.29, 1.82) is 0 Å². The molecule has 0 saturated carbocycles. The van der Waals surface area contributed by atoms with Crippen LogP contribution in [-0.4, -0.2) is 76.2 Å². The molecule has 138 valence electrons. The average Bonchev–Trinajstić information content (AvgIpc) is 2.64. The maximum absolute atomic E-state index is 11.9. The molecule has 6 heteroatoms. The zero-order chi connectivity index (χ0) is 18.1. The number of methoxy groups -OCH3 is 2. The van der Waals surface area contributed by atoms with Crippen LogP contribution in [0.25, 0.3) is 6.08 Å². The summed E-state index contributed by atoms with van der Waals surface area (Å²) in [6, 6.07) is 5.56. The van der Waals surface area contributed by atoms with E-state index < -0.39 is 0 Å². The van der Waals surface area contributed by atoms with E-state index in [1.807, 2.05) is 18.2 Å². The minimum Gasteiger partial charge on any atom is -0.493 e. The molecule has 6 nitrogen and oxygen atoms in total. The van der Waals surface area contributed by atoms with Gasteiger partial charge in [-0.3, -0.25) is 4.79 Å². The summed E-state index contributed by atoms with van der Waals surface area (Å²) in [7, 11) is 5.35. The van der Waals surface area contributed by atoms with Gasteiger partial charge in [0.15, 0.2) is 11.5 Å². The van der Waals surface area contributed by atoms with Crippen LogP contribution in [0.5, 0.6) is 11.5 Å². The molecule has 25 heavy (non-hydrogen) atoms. The molecule has 1 amide bonds. The maximum atomic E-state index is 11.9. The fourth-order valence-electron chi connectivity index (χ4n) is 2.77. The second kappa shape index (κ2) is 10.1.